The Morgan fingerprint density at radius 3 is 2.88 bits per heavy atom. The largest absolute Gasteiger partial charge is 0.336 e. The van der Waals surface area contributed by atoms with Crippen LogP contribution in [0.15, 0.2) is 11.6 Å². The Kier molecular flexibility index (Phi) is 6.27. The van der Waals surface area contributed by atoms with Crippen molar-refractivity contribution in [2.45, 2.75) is 52.0 Å². The molecule has 0 saturated carbocycles. The molecule has 3 heteroatoms. The van der Waals surface area contributed by atoms with Crippen LogP contribution in [0.5, 0.6) is 0 Å². The molecule has 1 heterocycles. The molecule has 1 unspecified atom stereocenters. The highest BCUT2D eigenvalue weighted by Crippen LogP contribution is 2.21. The molecule has 3 nitrogen and oxygen atoms in total. The van der Waals surface area contributed by atoms with Crippen LogP contribution in [0.3, 0.4) is 0 Å². The summed E-state index contributed by atoms with van der Waals surface area (Å²) in [7, 11) is 1.97. The lowest BCUT2D eigenvalue weighted by Crippen LogP contribution is -2.45. The molecule has 0 aliphatic carbocycles. The first-order valence-electron chi connectivity index (χ1n) is 6.83. The van der Waals surface area contributed by atoms with Gasteiger partial charge in [-0.05, 0) is 52.6 Å². The number of rotatable bonds is 5. The summed E-state index contributed by atoms with van der Waals surface area (Å²) in [5.41, 5.74) is 0.906. The van der Waals surface area contributed by atoms with Crippen LogP contribution in [0.25, 0.3) is 0 Å². The van der Waals surface area contributed by atoms with Gasteiger partial charge in [-0.3, -0.25) is 4.79 Å². The Balaban J connectivity index is 2.63. The zero-order valence-electron chi connectivity index (χ0n) is 11.5. The van der Waals surface area contributed by atoms with Crippen LogP contribution in [0, 0.1) is 0 Å². The highest BCUT2D eigenvalue weighted by atomic mass is 16.2. The van der Waals surface area contributed by atoms with E-state index in [1.165, 1.54) is 6.42 Å². The summed E-state index contributed by atoms with van der Waals surface area (Å²) in [6, 6.07) is 0.434. The molecule has 1 aliphatic rings. The van der Waals surface area contributed by atoms with Crippen LogP contribution in [0.4, 0.5) is 0 Å². The van der Waals surface area contributed by atoms with E-state index in [0.717, 1.165) is 44.3 Å². The molecule has 0 radical (unpaired) electrons. The van der Waals surface area contributed by atoms with Crippen molar-refractivity contribution in [1.82, 2.24) is 10.2 Å². The Labute approximate surface area is 105 Å². The Morgan fingerprint density at radius 1 is 1.47 bits per heavy atom. The molecular formula is C14H26N2O. The number of likely N-dealkylation sites (tertiary alicyclic amines) is 1. The summed E-state index contributed by atoms with van der Waals surface area (Å²) in [6.45, 7) is 5.94. The van der Waals surface area contributed by atoms with Gasteiger partial charge in [-0.25, -0.2) is 0 Å². The number of carbonyl (C=O) groups excluding carboxylic acids is 1. The molecule has 0 aromatic carbocycles. The maximum Gasteiger partial charge on any atom is 0.249 e. The summed E-state index contributed by atoms with van der Waals surface area (Å²) >= 11 is 0. The summed E-state index contributed by atoms with van der Waals surface area (Å²) in [5, 5.41) is 3.18. The lowest BCUT2D eigenvalue weighted by atomic mass is 9.98. The Hall–Kier alpha value is -0.830. The summed E-state index contributed by atoms with van der Waals surface area (Å²) in [5.74, 6) is 0.243. The van der Waals surface area contributed by atoms with Crippen molar-refractivity contribution in [3.05, 3.63) is 11.6 Å². The van der Waals surface area contributed by atoms with Gasteiger partial charge in [0.1, 0.15) is 0 Å². The predicted octanol–water partition coefficient (Wildman–Crippen LogP) is 2.33. The average molecular weight is 238 g/mol. The van der Waals surface area contributed by atoms with E-state index in [1.54, 1.807) is 0 Å². The van der Waals surface area contributed by atoms with Crippen molar-refractivity contribution < 1.29 is 4.79 Å². The molecule has 1 aliphatic heterocycles. The van der Waals surface area contributed by atoms with Crippen LogP contribution in [0.1, 0.15) is 46.0 Å². The second-order valence-corrected chi connectivity index (χ2v) is 4.84. The third-order valence-electron chi connectivity index (χ3n) is 3.46. The number of amides is 1. The third kappa shape index (κ3) is 4.15. The number of hydrogen-bond acceptors (Lipinski definition) is 2. The van der Waals surface area contributed by atoms with E-state index in [2.05, 4.69) is 17.1 Å². The predicted molar refractivity (Wildman–Crippen MR) is 71.9 cm³/mol. The van der Waals surface area contributed by atoms with E-state index >= 15 is 0 Å². The van der Waals surface area contributed by atoms with E-state index in [-0.39, 0.29) is 5.91 Å². The van der Waals surface area contributed by atoms with Gasteiger partial charge in [0.25, 0.3) is 0 Å². The average Bonchev–Trinajstić information content (AvgIpc) is 2.36. The fourth-order valence-electron chi connectivity index (χ4n) is 2.50. The standard InChI is InChI=1S/C14H26N2O/c1-4-7-12(2)14(17)16-11-6-5-8-13(16)9-10-15-3/h7,13,15H,4-6,8-11H2,1-3H3. The van der Waals surface area contributed by atoms with Gasteiger partial charge in [-0.1, -0.05) is 13.0 Å². The molecule has 1 saturated heterocycles. The summed E-state index contributed by atoms with van der Waals surface area (Å²) in [6.07, 6.45) is 7.61. The number of piperidine rings is 1. The Morgan fingerprint density at radius 2 is 2.24 bits per heavy atom. The quantitative estimate of drug-likeness (QED) is 0.746. The highest BCUT2D eigenvalue weighted by Gasteiger charge is 2.26. The van der Waals surface area contributed by atoms with E-state index in [9.17, 15) is 4.79 Å². The van der Waals surface area contributed by atoms with Crippen molar-refractivity contribution in [3.63, 3.8) is 0 Å². The fraction of sp³-hybridized carbons (Fsp3) is 0.786. The van der Waals surface area contributed by atoms with Crippen molar-refractivity contribution in [3.8, 4) is 0 Å². The molecule has 0 aromatic heterocycles. The fourth-order valence-corrected chi connectivity index (χ4v) is 2.50. The van der Waals surface area contributed by atoms with E-state index in [4.69, 9.17) is 0 Å². The lowest BCUT2D eigenvalue weighted by molar-refractivity contribution is -0.130. The first kappa shape index (κ1) is 14.2. The van der Waals surface area contributed by atoms with Gasteiger partial charge in [0.2, 0.25) is 5.91 Å². The van der Waals surface area contributed by atoms with Crippen LogP contribution in [-0.2, 0) is 4.79 Å². The summed E-state index contributed by atoms with van der Waals surface area (Å²) in [4.78, 5) is 14.4. The molecule has 0 bridgehead atoms. The third-order valence-corrected chi connectivity index (χ3v) is 3.46. The monoisotopic (exact) mass is 238 g/mol. The maximum atomic E-state index is 12.3. The van der Waals surface area contributed by atoms with E-state index in [1.807, 2.05) is 20.0 Å². The molecule has 1 N–H and O–H groups in total. The van der Waals surface area contributed by atoms with Crippen molar-refractivity contribution in [2.24, 2.45) is 0 Å². The highest BCUT2D eigenvalue weighted by molar-refractivity contribution is 5.93. The van der Waals surface area contributed by atoms with E-state index < -0.39 is 0 Å². The molecule has 17 heavy (non-hydrogen) atoms. The van der Waals surface area contributed by atoms with Crippen molar-refractivity contribution in [2.75, 3.05) is 20.1 Å². The van der Waals surface area contributed by atoms with Crippen LogP contribution in [-0.4, -0.2) is 37.0 Å². The number of nitrogens with one attached hydrogen (secondary N) is 1. The van der Waals surface area contributed by atoms with Crippen LogP contribution in [0.2, 0.25) is 0 Å². The minimum atomic E-state index is 0.243. The van der Waals surface area contributed by atoms with Crippen molar-refractivity contribution >= 4 is 5.91 Å². The second kappa shape index (κ2) is 7.49. The Bertz CT molecular complexity index is 273. The van der Waals surface area contributed by atoms with Gasteiger partial charge in [0.05, 0.1) is 0 Å². The number of hydrogen-bond donors (Lipinski definition) is 1. The zero-order chi connectivity index (χ0) is 12.7. The summed E-state index contributed by atoms with van der Waals surface area (Å²) < 4.78 is 0. The van der Waals surface area contributed by atoms with E-state index in [0.29, 0.717) is 6.04 Å². The van der Waals surface area contributed by atoms with Crippen molar-refractivity contribution in [1.29, 1.82) is 0 Å². The van der Waals surface area contributed by atoms with Gasteiger partial charge in [0.15, 0.2) is 0 Å². The molecule has 1 atom stereocenters. The molecular weight excluding hydrogens is 212 g/mol. The topological polar surface area (TPSA) is 32.3 Å². The smallest absolute Gasteiger partial charge is 0.249 e. The van der Waals surface area contributed by atoms with Crippen LogP contribution < -0.4 is 5.32 Å². The van der Waals surface area contributed by atoms with Crippen LogP contribution >= 0.6 is 0 Å². The minimum absolute atomic E-state index is 0.243. The van der Waals surface area contributed by atoms with Gasteiger partial charge in [-0.2, -0.15) is 0 Å². The number of nitrogens with zero attached hydrogens (tertiary/aromatic N) is 1. The van der Waals surface area contributed by atoms with Gasteiger partial charge in [0, 0.05) is 18.2 Å². The number of carbonyl (C=O) groups is 1. The SMILES string of the molecule is CCC=C(C)C(=O)N1CCCCC1CCNC. The maximum absolute atomic E-state index is 12.3. The molecule has 1 rings (SSSR count). The van der Waals surface area contributed by atoms with Gasteiger partial charge in [-0.15, -0.1) is 0 Å². The first-order valence-corrected chi connectivity index (χ1v) is 6.83. The number of allylic oxidation sites excluding steroid dienone is 1. The van der Waals surface area contributed by atoms with Gasteiger partial charge < -0.3 is 10.2 Å². The second-order valence-electron chi connectivity index (χ2n) is 4.84. The minimum Gasteiger partial charge on any atom is -0.336 e. The van der Waals surface area contributed by atoms with Gasteiger partial charge >= 0.3 is 0 Å². The molecule has 1 amide bonds. The molecule has 0 spiro atoms. The normalized spacial score (nSPS) is 21.7. The first-order chi connectivity index (χ1) is 8.20. The molecule has 0 aromatic rings. The zero-order valence-corrected chi connectivity index (χ0v) is 11.5. The molecule has 1 fully saturated rings. The molecule has 98 valence electrons. The lowest BCUT2D eigenvalue weighted by Gasteiger charge is -2.36.